The van der Waals surface area contributed by atoms with Gasteiger partial charge in [-0.25, -0.2) is 0 Å². The molecule has 46 valence electrons. The molecule has 0 aliphatic rings. The first-order chi connectivity index (χ1) is 3.68. The Labute approximate surface area is 55.9 Å². The molecule has 0 saturated heterocycles. The summed E-state index contributed by atoms with van der Waals surface area (Å²) in [5, 5.41) is 0.861. The smallest absolute Gasteiger partial charge is 0.0206 e. The van der Waals surface area contributed by atoms with Gasteiger partial charge in [0.1, 0.15) is 0 Å². The van der Waals surface area contributed by atoms with Crippen LogP contribution in [0.4, 0.5) is 0 Å². The second-order valence-corrected chi connectivity index (χ2v) is 2.38. The van der Waals surface area contributed by atoms with Crippen LogP contribution in [0.5, 0.6) is 0 Å². The number of allylic oxidation sites excluding steroid dienone is 3. The molecule has 0 aromatic carbocycles. The van der Waals surface area contributed by atoms with Gasteiger partial charge < -0.3 is 0 Å². The minimum atomic E-state index is 0.426. The van der Waals surface area contributed by atoms with Crippen molar-refractivity contribution in [3.8, 4) is 0 Å². The third-order valence-corrected chi connectivity index (χ3v) is 1.39. The lowest BCUT2D eigenvalue weighted by Gasteiger charge is -1.97. The molecule has 0 amide bonds. The monoisotopic (exact) mass is 130 g/mol. The predicted octanol–water partition coefficient (Wildman–Crippen LogP) is 2.95. The largest absolute Gasteiger partial charge is 0.0990 e. The molecule has 0 spiro atoms. The van der Waals surface area contributed by atoms with Crippen LogP contribution in [-0.4, -0.2) is 0 Å². The molecule has 0 radical (unpaired) electrons. The number of halogens is 1. The van der Waals surface area contributed by atoms with Crippen LogP contribution in [0.15, 0.2) is 23.8 Å². The summed E-state index contributed by atoms with van der Waals surface area (Å²) in [4.78, 5) is 0. The van der Waals surface area contributed by atoms with Gasteiger partial charge in [-0.15, -0.1) is 0 Å². The van der Waals surface area contributed by atoms with E-state index in [1.165, 1.54) is 0 Å². The van der Waals surface area contributed by atoms with Crippen molar-refractivity contribution < 1.29 is 0 Å². The summed E-state index contributed by atoms with van der Waals surface area (Å²) >= 11 is 5.71. The lowest BCUT2D eigenvalue weighted by atomic mass is 10.2. The molecule has 0 bridgehead atoms. The van der Waals surface area contributed by atoms with Crippen molar-refractivity contribution >= 4 is 11.6 Å². The molecule has 0 N–H and O–H groups in total. The van der Waals surface area contributed by atoms with E-state index in [0.717, 1.165) is 5.03 Å². The highest BCUT2D eigenvalue weighted by Crippen LogP contribution is 2.12. The van der Waals surface area contributed by atoms with Crippen molar-refractivity contribution in [2.45, 2.75) is 13.8 Å². The first-order valence-electron chi connectivity index (χ1n) is 2.66. The van der Waals surface area contributed by atoms with Crippen LogP contribution in [0.2, 0.25) is 0 Å². The van der Waals surface area contributed by atoms with E-state index in [1.54, 1.807) is 6.08 Å². The van der Waals surface area contributed by atoms with Crippen LogP contribution in [0.1, 0.15) is 13.8 Å². The van der Waals surface area contributed by atoms with Crippen LogP contribution in [0, 0.1) is 5.92 Å². The van der Waals surface area contributed by atoms with Gasteiger partial charge in [-0.3, -0.25) is 0 Å². The predicted molar refractivity (Wildman–Crippen MR) is 39.0 cm³/mol. The molecule has 8 heavy (non-hydrogen) atoms. The molecule has 0 heterocycles. The van der Waals surface area contributed by atoms with Crippen LogP contribution in [-0.2, 0) is 0 Å². The Kier molecular flexibility index (Phi) is 3.63. The van der Waals surface area contributed by atoms with Crippen LogP contribution < -0.4 is 0 Å². The average Bonchev–Trinajstić information content (AvgIpc) is 1.67. The fourth-order valence-corrected chi connectivity index (χ4v) is 0.394. The van der Waals surface area contributed by atoms with Gasteiger partial charge in [-0.1, -0.05) is 38.1 Å². The Balaban J connectivity index is 3.78. The lowest BCUT2D eigenvalue weighted by molar-refractivity contribution is 0.813. The maximum Gasteiger partial charge on any atom is 0.0206 e. The van der Waals surface area contributed by atoms with E-state index in [-0.39, 0.29) is 0 Å². The quantitative estimate of drug-likeness (QED) is 0.505. The molecule has 0 aromatic heterocycles. The van der Waals surface area contributed by atoms with Gasteiger partial charge in [-0.05, 0) is 12.0 Å². The van der Waals surface area contributed by atoms with Gasteiger partial charge in [-0.2, -0.15) is 0 Å². The molecule has 0 aliphatic carbocycles. The van der Waals surface area contributed by atoms with Crippen LogP contribution in [0.25, 0.3) is 0 Å². The fraction of sp³-hybridized carbons (Fsp3) is 0.429. The van der Waals surface area contributed by atoms with Gasteiger partial charge >= 0.3 is 0 Å². The summed E-state index contributed by atoms with van der Waals surface area (Å²) in [6, 6.07) is 0. The first kappa shape index (κ1) is 7.77. The normalized spacial score (nSPS) is 12.2. The van der Waals surface area contributed by atoms with Gasteiger partial charge in [0.15, 0.2) is 0 Å². The summed E-state index contributed by atoms with van der Waals surface area (Å²) in [6.07, 6.45) is 3.51. The van der Waals surface area contributed by atoms with E-state index in [1.807, 2.05) is 19.9 Å². The van der Waals surface area contributed by atoms with Crippen molar-refractivity contribution in [1.29, 1.82) is 0 Å². The highest BCUT2D eigenvalue weighted by Gasteiger charge is 1.94. The number of rotatable bonds is 2. The maximum absolute atomic E-state index is 5.71. The molecule has 0 unspecified atom stereocenters. The Bertz CT molecular complexity index is 101. The van der Waals surface area contributed by atoms with E-state index in [2.05, 4.69) is 6.58 Å². The van der Waals surface area contributed by atoms with Crippen molar-refractivity contribution in [2.75, 3.05) is 0 Å². The first-order valence-corrected chi connectivity index (χ1v) is 3.04. The lowest BCUT2D eigenvalue weighted by Crippen LogP contribution is -1.83. The van der Waals surface area contributed by atoms with E-state index in [4.69, 9.17) is 11.6 Å². The maximum atomic E-state index is 5.71. The molecule has 1 heteroatoms. The minimum Gasteiger partial charge on any atom is -0.0990 e. The molecular weight excluding hydrogens is 120 g/mol. The van der Waals surface area contributed by atoms with E-state index in [0.29, 0.717) is 5.92 Å². The minimum absolute atomic E-state index is 0.426. The Morgan fingerprint density at radius 2 is 2.12 bits per heavy atom. The zero-order chi connectivity index (χ0) is 6.57. The molecule has 0 nitrogen and oxygen atoms in total. The fourth-order valence-electron chi connectivity index (χ4n) is 0.305. The van der Waals surface area contributed by atoms with Crippen LogP contribution >= 0.6 is 11.6 Å². The summed E-state index contributed by atoms with van der Waals surface area (Å²) in [6.45, 7) is 7.61. The van der Waals surface area contributed by atoms with E-state index in [9.17, 15) is 0 Å². The van der Waals surface area contributed by atoms with Crippen LogP contribution in [0.3, 0.4) is 0 Å². The molecular formula is C7H11Cl. The Hall–Kier alpha value is -0.230. The zero-order valence-electron chi connectivity index (χ0n) is 5.32. The van der Waals surface area contributed by atoms with Gasteiger partial charge in [0, 0.05) is 5.03 Å². The van der Waals surface area contributed by atoms with Crippen molar-refractivity contribution in [2.24, 2.45) is 5.92 Å². The SMILES string of the molecule is C=C/C=C(/Cl)C(C)C. The zero-order valence-corrected chi connectivity index (χ0v) is 6.07. The molecule has 0 rings (SSSR count). The average molecular weight is 131 g/mol. The third-order valence-electron chi connectivity index (χ3n) is 0.829. The molecule has 0 saturated carbocycles. The summed E-state index contributed by atoms with van der Waals surface area (Å²) in [5.41, 5.74) is 0. The van der Waals surface area contributed by atoms with E-state index >= 15 is 0 Å². The second kappa shape index (κ2) is 3.73. The number of hydrogen-bond acceptors (Lipinski definition) is 0. The van der Waals surface area contributed by atoms with Gasteiger partial charge in [0.2, 0.25) is 0 Å². The third kappa shape index (κ3) is 2.86. The summed E-state index contributed by atoms with van der Waals surface area (Å²) < 4.78 is 0. The molecule has 0 fully saturated rings. The van der Waals surface area contributed by atoms with Crippen molar-refractivity contribution in [3.05, 3.63) is 23.8 Å². The second-order valence-electron chi connectivity index (χ2n) is 1.94. The standard InChI is InChI=1S/C7H11Cl/c1-4-5-7(8)6(2)3/h4-6H,1H2,2-3H3/b7-5+. The van der Waals surface area contributed by atoms with Gasteiger partial charge in [0.05, 0.1) is 0 Å². The Morgan fingerprint density at radius 3 is 2.25 bits per heavy atom. The highest BCUT2D eigenvalue weighted by molar-refractivity contribution is 6.29. The Morgan fingerprint density at radius 1 is 1.62 bits per heavy atom. The number of hydrogen-bond donors (Lipinski definition) is 0. The molecule has 0 atom stereocenters. The topological polar surface area (TPSA) is 0 Å². The van der Waals surface area contributed by atoms with E-state index < -0.39 is 0 Å². The van der Waals surface area contributed by atoms with Crippen molar-refractivity contribution in [1.82, 2.24) is 0 Å². The summed E-state index contributed by atoms with van der Waals surface area (Å²) in [5.74, 6) is 0.426. The highest BCUT2D eigenvalue weighted by atomic mass is 35.5. The van der Waals surface area contributed by atoms with Gasteiger partial charge in [0.25, 0.3) is 0 Å². The summed E-state index contributed by atoms with van der Waals surface area (Å²) in [7, 11) is 0. The van der Waals surface area contributed by atoms with Crippen molar-refractivity contribution in [3.63, 3.8) is 0 Å². The molecule has 0 aliphatic heterocycles. The molecule has 0 aromatic rings.